The van der Waals surface area contributed by atoms with Crippen LogP contribution in [0, 0.1) is 26.1 Å². The molecule has 1 aromatic carbocycles. The number of piperidine rings is 1. The van der Waals surface area contributed by atoms with Crippen molar-refractivity contribution in [3.8, 4) is 0 Å². The van der Waals surface area contributed by atoms with Gasteiger partial charge in [0.1, 0.15) is 5.69 Å². The largest absolute Gasteiger partial charge is 0.363 e. The average Bonchev–Trinajstić information content (AvgIpc) is 3.00. The summed E-state index contributed by atoms with van der Waals surface area (Å²) in [6, 6.07) is 3.79. The molecule has 128 valence electrons. The van der Waals surface area contributed by atoms with Crippen molar-refractivity contribution in [2.75, 3.05) is 18.0 Å². The minimum Gasteiger partial charge on any atom is -0.363 e. The van der Waals surface area contributed by atoms with Gasteiger partial charge in [-0.05, 0) is 25.3 Å². The van der Waals surface area contributed by atoms with Crippen LogP contribution in [0.2, 0.25) is 0 Å². The van der Waals surface area contributed by atoms with Crippen LogP contribution < -0.4 is 10.2 Å². The third-order valence-corrected chi connectivity index (χ3v) is 4.78. The number of anilines is 1. The number of amides is 1. The molecule has 0 unspecified atom stereocenters. The SMILES string of the molecule is O=C1C[C@@H]([C@@H]2CCCCN2c2ccc([N+](=O)[O-])cc2[N+](=O)[O-])CN1. The van der Waals surface area contributed by atoms with Crippen LogP contribution in [-0.2, 0) is 4.79 Å². The summed E-state index contributed by atoms with van der Waals surface area (Å²) < 4.78 is 0. The third kappa shape index (κ3) is 3.01. The molecule has 0 aromatic heterocycles. The molecule has 2 atom stereocenters. The lowest BCUT2D eigenvalue weighted by Crippen LogP contribution is -2.45. The number of nitrogens with zero attached hydrogens (tertiary/aromatic N) is 3. The molecule has 1 N–H and O–H groups in total. The van der Waals surface area contributed by atoms with E-state index in [-0.39, 0.29) is 29.2 Å². The third-order valence-electron chi connectivity index (χ3n) is 4.78. The van der Waals surface area contributed by atoms with Crippen molar-refractivity contribution in [2.45, 2.75) is 31.7 Å². The number of hydrogen-bond acceptors (Lipinski definition) is 6. The summed E-state index contributed by atoms with van der Waals surface area (Å²) in [6.45, 7) is 1.22. The molecule has 2 aliphatic heterocycles. The Kier molecular flexibility index (Phi) is 4.32. The number of carbonyl (C=O) groups excluding carboxylic acids is 1. The zero-order valence-electron chi connectivity index (χ0n) is 13.0. The molecule has 2 heterocycles. The molecule has 0 radical (unpaired) electrons. The minimum absolute atomic E-state index is 0.00345. The molecule has 0 bridgehead atoms. The number of carbonyl (C=O) groups is 1. The highest BCUT2D eigenvalue weighted by molar-refractivity contribution is 5.78. The van der Waals surface area contributed by atoms with Crippen LogP contribution in [0.5, 0.6) is 0 Å². The van der Waals surface area contributed by atoms with E-state index >= 15 is 0 Å². The van der Waals surface area contributed by atoms with Crippen molar-refractivity contribution < 1.29 is 14.6 Å². The fourth-order valence-corrected chi connectivity index (χ4v) is 3.66. The second-order valence-corrected chi connectivity index (χ2v) is 6.21. The number of nitro groups is 2. The Balaban J connectivity index is 1.96. The standard InChI is InChI=1S/C15H18N4O5/c20-15-7-10(9-16-15)12-3-1-2-6-17(12)13-5-4-11(18(21)22)8-14(13)19(23)24/h4-5,8,10,12H,1-3,6-7,9H2,(H,16,20)/t10-,12+/m1/s1. The number of benzene rings is 1. The van der Waals surface area contributed by atoms with E-state index in [1.165, 1.54) is 12.1 Å². The van der Waals surface area contributed by atoms with E-state index in [9.17, 15) is 25.0 Å². The molecule has 0 aliphatic carbocycles. The van der Waals surface area contributed by atoms with Gasteiger partial charge in [0.05, 0.1) is 15.9 Å². The van der Waals surface area contributed by atoms with E-state index < -0.39 is 9.85 Å². The Hall–Kier alpha value is -2.71. The Bertz CT molecular complexity index is 692. The Labute approximate surface area is 137 Å². The van der Waals surface area contributed by atoms with Gasteiger partial charge in [0, 0.05) is 37.5 Å². The van der Waals surface area contributed by atoms with E-state index in [1.807, 2.05) is 4.90 Å². The van der Waals surface area contributed by atoms with Gasteiger partial charge in [-0.25, -0.2) is 0 Å². The van der Waals surface area contributed by atoms with E-state index in [0.29, 0.717) is 25.2 Å². The first-order valence-corrected chi connectivity index (χ1v) is 7.93. The molecular weight excluding hydrogens is 316 g/mol. The summed E-state index contributed by atoms with van der Waals surface area (Å²) in [4.78, 5) is 34.6. The number of nitrogens with one attached hydrogen (secondary N) is 1. The van der Waals surface area contributed by atoms with Gasteiger partial charge in [-0.1, -0.05) is 0 Å². The van der Waals surface area contributed by atoms with Crippen molar-refractivity contribution in [3.63, 3.8) is 0 Å². The molecule has 9 heteroatoms. The van der Waals surface area contributed by atoms with E-state index in [1.54, 1.807) is 0 Å². The fraction of sp³-hybridized carbons (Fsp3) is 0.533. The first-order valence-electron chi connectivity index (χ1n) is 7.93. The molecule has 24 heavy (non-hydrogen) atoms. The molecule has 2 saturated heterocycles. The van der Waals surface area contributed by atoms with Crippen LogP contribution in [0.25, 0.3) is 0 Å². The number of rotatable bonds is 4. The first-order chi connectivity index (χ1) is 11.5. The predicted molar refractivity (Wildman–Crippen MR) is 85.9 cm³/mol. The lowest BCUT2D eigenvalue weighted by atomic mass is 9.89. The molecule has 3 rings (SSSR count). The van der Waals surface area contributed by atoms with Gasteiger partial charge >= 0.3 is 0 Å². The van der Waals surface area contributed by atoms with Gasteiger partial charge in [0.15, 0.2) is 0 Å². The van der Waals surface area contributed by atoms with Crippen molar-refractivity contribution in [2.24, 2.45) is 5.92 Å². The predicted octanol–water partition coefficient (Wildman–Crippen LogP) is 2.00. The molecule has 2 fully saturated rings. The van der Waals surface area contributed by atoms with Crippen LogP contribution in [-0.4, -0.2) is 34.9 Å². The van der Waals surface area contributed by atoms with Gasteiger partial charge in [-0.15, -0.1) is 0 Å². The highest BCUT2D eigenvalue weighted by Gasteiger charge is 2.37. The maximum Gasteiger partial charge on any atom is 0.299 e. The first kappa shape index (κ1) is 16.2. The monoisotopic (exact) mass is 334 g/mol. The zero-order valence-corrected chi connectivity index (χ0v) is 13.0. The maximum atomic E-state index is 11.5. The summed E-state index contributed by atoms with van der Waals surface area (Å²) in [6.07, 6.45) is 3.18. The minimum atomic E-state index is -0.635. The van der Waals surface area contributed by atoms with Crippen molar-refractivity contribution >= 4 is 23.0 Å². The molecule has 1 amide bonds. The topological polar surface area (TPSA) is 119 Å². The summed E-state index contributed by atoms with van der Waals surface area (Å²) in [5.74, 6) is 0.108. The number of nitro benzene ring substituents is 2. The van der Waals surface area contributed by atoms with E-state index in [2.05, 4.69) is 5.32 Å². The van der Waals surface area contributed by atoms with Crippen LogP contribution in [0.4, 0.5) is 17.1 Å². The Morgan fingerprint density at radius 3 is 2.58 bits per heavy atom. The Morgan fingerprint density at radius 1 is 1.17 bits per heavy atom. The second-order valence-electron chi connectivity index (χ2n) is 6.21. The van der Waals surface area contributed by atoms with Gasteiger partial charge < -0.3 is 10.2 Å². The molecule has 2 aliphatic rings. The van der Waals surface area contributed by atoms with Gasteiger partial charge in [0.2, 0.25) is 5.91 Å². The normalized spacial score (nSPS) is 23.8. The molecule has 0 saturated carbocycles. The molecule has 0 spiro atoms. The van der Waals surface area contributed by atoms with Crippen molar-refractivity contribution in [3.05, 3.63) is 38.4 Å². The van der Waals surface area contributed by atoms with Gasteiger partial charge in [-0.3, -0.25) is 25.0 Å². The van der Waals surface area contributed by atoms with Gasteiger partial charge in [0.25, 0.3) is 11.4 Å². The van der Waals surface area contributed by atoms with Gasteiger partial charge in [-0.2, -0.15) is 0 Å². The van der Waals surface area contributed by atoms with E-state index in [0.717, 1.165) is 25.3 Å². The van der Waals surface area contributed by atoms with Crippen molar-refractivity contribution in [1.29, 1.82) is 0 Å². The molecule has 9 nitrogen and oxygen atoms in total. The fourth-order valence-electron chi connectivity index (χ4n) is 3.66. The lowest BCUT2D eigenvalue weighted by Gasteiger charge is -2.40. The Morgan fingerprint density at radius 2 is 1.96 bits per heavy atom. The zero-order chi connectivity index (χ0) is 17.3. The molecule has 1 aromatic rings. The summed E-state index contributed by atoms with van der Waals surface area (Å²) in [7, 11) is 0. The smallest absolute Gasteiger partial charge is 0.299 e. The number of hydrogen-bond donors (Lipinski definition) is 1. The van der Waals surface area contributed by atoms with Crippen LogP contribution in [0.15, 0.2) is 18.2 Å². The summed E-state index contributed by atoms with van der Waals surface area (Å²) in [5.41, 5.74) is -0.153. The highest BCUT2D eigenvalue weighted by atomic mass is 16.6. The van der Waals surface area contributed by atoms with Crippen molar-refractivity contribution in [1.82, 2.24) is 5.32 Å². The maximum absolute atomic E-state index is 11.5. The second kappa shape index (κ2) is 6.42. The lowest BCUT2D eigenvalue weighted by molar-refractivity contribution is -0.393. The van der Waals surface area contributed by atoms with E-state index in [4.69, 9.17) is 0 Å². The highest BCUT2D eigenvalue weighted by Crippen LogP contribution is 2.38. The quantitative estimate of drug-likeness (QED) is 0.664. The summed E-state index contributed by atoms with van der Waals surface area (Å²) in [5, 5.41) is 25.1. The number of non-ortho nitro benzene ring substituents is 1. The van der Waals surface area contributed by atoms with Crippen LogP contribution >= 0.6 is 0 Å². The summed E-state index contributed by atoms with van der Waals surface area (Å²) >= 11 is 0. The van der Waals surface area contributed by atoms with Crippen LogP contribution in [0.3, 0.4) is 0 Å². The van der Waals surface area contributed by atoms with Crippen LogP contribution in [0.1, 0.15) is 25.7 Å². The molecular formula is C15H18N4O5. The average molecular weight is 334 g/mol.